The molecule has 1 N–H and O–H groups in total. The van der Waals surface area contributed by atoms with Gasteiger partial charge in [0.15, 0.2) is 0 Å². The number of rotatable bonds is 5. The number of hydrogen-bond acceptors (Lipinski definition) is 2. The predicted molar refractivity (Wildman–Crippen MR) is 77.6 cm³/mol. The van der Waals surface area contributed by atoms with Crippen molar-refractivity contribution in [2.24, 2.45) is 0 Å². The van der Waals surface area contributed by atoms with Gasteiger partial charge < -0.3 is 10.1 Å². The molecule has 1 unspecified atom stereocenters. The van der Waals surface area contributed by atoms with Crippen molar-refractivity contribution in [1.82, 2.24) is 5.32 Å². The summed E-state index contributed by atoms with van der Waals surface area (Å²) in [4.78, 5) is 0. The van der Waals surface area contributed by atoms with Crippen molar-refractivity contribution in [2.45, 2.75) is 31.7 Å². The first-order chi connectivity index (χ1) is 8.25. The fraction of sp³-hybridized carbons (Fsp3) is 0.538. The second kappa shape index (κ2) is 6.76. The Morgan fingerprint density at radius 3 is 2.94 bits per heavy atom. The van der Waals surface area contributed by atoms with Gasteiger partial charge in [0.25, 0.3) is 0 Å². The van der Waals surface area contributed by atoms with Crippen LogP contribution in [0.5, 0.6) is 5.75 Å². The van der Waals surface area contributed by atoms with Crippen molar-refractivity contribution in [3.63, 3.8) is 0 Å². The van der Waals surface area contributed by atoms with Crippen LogP contribution in [0.2, 0.25) is 0 Å². The van der Waals surface area contributed by atoms with Gasteiger partial charge >= 0.3 is 0 Å². The smallest absolute Gasteiger partial charge is 0.133 e. The molecule has 0 saturated carbocycles. The highest BCUT2D eigenvalue weighted by Crippen LogP contribution is 2.28. The van der Waals surface area contributed by atoms with Gasteiger partial charge in [0.2, 0.25) is 0 Å². The van der Waals surface area contributed by atoms with Crippen molar-refractivity contribution in [3.8, 4) is 5.75 Å². The van der Waals surface area contributed by atoms with Crippen LogP contribution >= 0.6 is 31.9 Å². The number of benzene rings is 1. The van der Waals surface area contributed by atoms with Gasteiger partial charge in [-0.25, -0.2) is 0 Å². The summed E-state index contributed by atoms with van der Waals surface area (Å²) in [6.45, 7) is 1.97. The summed E-state index contributed by atoms with van der Waals surface area (Å²) in [6.07, 6.45) is 4.97. The molecule has 1 aliphatic rings. The van der Waals surface area contributed by atoms with Crippen LogP contribution in [0.25, 0.3) is 0 Å². The Hall–Kier alpha value is -0.0600. The van der Waals surface area contributed by atoms with Crippen molar-refractivity contribution in [3.05, 3.63) is 27.1 Å². The van der Waals surface area contributed by atoms with Gasteiger partial charge in [-0.2, -0.15) is 0 Å². The van der Waals surface area contributed by atoms with E-state index >= 15 is 0 Å². The van der Waals surface area contributed by atoms with Crippen LogP contribution in [0.15, 0.2) is 27.1 Å². The van der Waals surface area contributed by atoms with Crippen LogP contribution in [-0.2, 0) is 0 Å². The molecular formula is C13H17Br2NO. The summed E-state index contributed by atoms with van der Waals surface area (Å²) in [5.41, 5.74) is 0. The summed E-state index contributed by atoms with van der Waals surface area (Å²) in [5.74, 6) is 0.924. The van der Waals surface area contributed by atoms with Gasteiger partial charge in [0.05, 0.1) is 11.1 Å². The molecule has 1 aromatic rings. The largest absolute Gasteiger partial charge is 0.492 e. The van der Waals surface area contributed by atoms with Crippen LogP contribution in [0.4, 0.5) is 0 Å². The SMILES string of the molecule is Brc1ccc(OCCCC2CCCN2)c(Br)c1. The van der Waals surface area contributed by atoms with Crippen molar-refractivity contribution in [1.29, 1.82) is 0 Å². The van der Waals surface area contributed by atoms with E-state index in [1.807, 2.05) is 18.2 Å². The quantitative estimate of drug-likeness (QED) is 0.795. The van der Waals surface area contributed by atoms with Crippen molar-refractivity contribution >= 4 is 31.9 Å². The zero-order chi connectivity index (χ0) is 12.1. The van der Waals surface area contributed by atoms with E-state index in [1.165, 1.54) is 25.8 Å². The third-order valence-electron chi connectivity index (χ3n) is 3.01. The molecule has 0 aromatic heterocycles. The maximum atomic E-state index is 5.76. The van der Waals surface area contributed by atoms with Crippen LogP contribution < -0.4 is 10.1 Å². The molecule has 0 bridgehead atoms. The third kappa shape index (κ3) is 4.27. The molecule has 1 atom stereocenters. The van der Waals surface area contributed by atoms with E-state index in [2.05, 4.69) is 37.2 Å². The minimum atomic E-state index is 0.715. The second-order valence-electron chi connectivity index (χ2n) is 4.36. The zero-order valence-electron chi connectivity index (χ0n) is 9.72. The highest BCUT2D eigenvalue weighted by atomic mass is 79.9. The molecule has 0 aliphatic carbocycles. The summed E-state index contributed by atoms with van der Waals surface area (Å²) in [7, 11) is 0. The predicted octanol–water partition coefficient (Wildman–Crippen LogP) is 4.12. The van der Waals surface area contributed by atoms with Gasteiger partial charge in [-0.1, -0.05) is 15.9 Å². The minimum Gasteiger partial charge on any atom is -0.492 e. The Balaban J connectivity index is 1.70. The van der Waals surface area contributed by atoms with Gasteiger partial charge in [-0.05, 0) is 66.4 Å². The summed E-state index contributed by atoms with van der Waals surface area (Å²) < 4.78 is 7.82. The lowest BCUT2D eigenvalue weighted by Crippen LogP contribution is -2.21. The molecule has 1 saturated heterocycles. The van der Waals surface area contributed by atoms with Crippen LogP contribution in [0, 0.1) is 0 Å². The molecule has 2 nitrogen and oxygen atoms in total. The molecule has 94 valence electrons. The topological polar surface area (TPSA) is 21.3 Å². The normalized spacial score (nSPS) is 19.5. The molecule has 4 heteroatoms. The number of halogens is 2. The molecule has 1 fully saturated rings. The van der Waals surface area contributed by atoms with Crippen molar-refractivity contribution in [2.75, 3.05) is 13.2 Å². The first-order valence-electron chi connectivity index (χ1n) is 6.07. The fourth-order valence-electron chi connectivity index (χ4n) is 2.11. The fourth-order valence-corrected chi connectivity index (χ4v) is 3.27. The first-order valence-corrected chi connectivity index (χ1v) is 7.65. The Morgan fingerprint density at radius 1 is 1.35 bits per heavy atom. The van der Waals surface area contributed by atoms with Crippen molar-refractivity contribution < 1.29 is 4.74 Å². The Morgan fingerprint density at radius 2 is 2.24 bits per heavy atom. The average molecular weight is 363 g/mol. The van der Waals surface area contributed by atoms with E-state index in [0.29, 0.717) is 6.04 Å². The lowest BCUT2D eigenvalue weighted by Gasteiger charge is -2.11. The summed E-state index contributed by atoms with van der Waals surface area (Å²) >= 11 is 6.93. The monoisotopic (exact) mass is 361 g/mol. The Labute approximate surface area is 119 Å². The highest BCUT2D eigenvalue weighted by Gasteiger charge is 2.13. The highest BCUT2D eigenvalue weighted by molar-refractivity contribution is 9.11. The lowest BCUT2D eigenvalue weighted by atomic mass is 10.1. The molecule has 17 heavy (non-hydrogen) atoms. The maximum absolute atomic E-state index is 5.76. The van der Waals surface area contributed by atoms with E-state index in [4.69, 9.17) is 4.74 Å². The van der Waals surface area contributed by atoms with Gasteiger partial charge in [0.1, 0.15) is 5.75 Å². The third-order valence-corrected chi connectivity index (χ3v) is 4.12. The number of ether oxygens (including phenoxy) is 1. The van der Waals surface area contributed by atoms with E-state index in [9.17, 15) is 0 Å². The van der Waals surface area contributed by atoms with E-state index < -0.39 is 0 Å². The zero-order valence-corrected chi connectivity index (χ0v) is 12.9. The molecule has 0 radical (unpaired) electrons. The van der Waals surface area contributed by atoms with Crippen LogP contribution in [0.1, 0.15) is 25.7 Å². The van der Waals surface area contributed by atoms with Crippen LogP contribution in [-0.4, -0.2) is 19.2 Å². The molecule has 1 heterocycles. The Kier molecular flexibility index (Phi) is 5.32. The first kappa shape index (κ1) is 13.4. The minimum absolute atomic E-state index is 0.715. The molecule has 2 rings (SSSR count). The molecule has 1 aliphatic heterocycles. The molecule has 1 aromatic carbocycles. The second-order valence-corrected chi connectivity index (χ2v) is 6.13. The van der Waals surface area contributed by atoms with Gasteiger partial charge in [-0.3, -0.25) is 0 Å². The standard InChI is InChI=1S/C13H17Br2NO/c14-10-5-6-13(12(15)9-10)17-8-2-4-11-3-1-7-16-11/h5-6,9,11,16H,1-4,7-8H2. The maximum Gasteiger partial charge on any atom is 0.133 e. The molecular weight excluding hydrogens is 346 g/mol. The average Bonchev–Trinajstić information content (AvgIpc) is 2.79. The van der Waals surface area contributed by atoms with Crippen LogP contribution in [0.3, 0.4) is 0 Å². The van der Waals surface area contributed by atoms with Gasteiger partial charge in [0, 0.05) is 10.5 Å². The summed E-state index contributed by atoms with van der Waals surface area (Å²) in [6, 6.07) is 6.71. The number of nitrogens with one attached hydrogen (secondary N) is 1. The van der Waals surface area contributed by atoms with E-state index in [-0.39, 0.29) is 0 Å². The summed E-state index contributed by atoms with van der Waals surface area (Å²) in [5, 5.41) is 3.50. The lowest BCUT2D eigenvalue weighted by molar-refractivity contribution is 0.297. The van der Waals surface area contributed by atoms with E-state index in [0.717, 1.165) is 27.7 Å². The molecule has 0 spiro atoms. The Bertz CT molecular complexity index is 364. The number of hydrogen-bond donors (Lipinski definition) is 1. The molecule has 0 amide bonds. The van der Waals surface area contributed by atoms with E-state index in [1.54, 1.807) is 0 Å². The van der Waals surface area contributed by atoms with Gasteiger partial charge in [-0.15, -0.1) is 0 Å².